The lowest BCUT2D eigenvalue weighted by atomic mass is 9.99. The fourth-order valence-corrected chi connectivity index (χ4v) is 2.48. The number of rotatable bonds is 5. The lowest BCUT2D eigenvalue weighted by Crippen LogP contribution is -2.37. The summed E-state index contributed by atoms with van der Waals surface area (Å²) in [6.07, 6.45) is 9.22. The van der Waals surface area contributed by atoms with Crippen molar-refractivity contribution in [2.75, 3.05) is 6.54 Å². The fourth-order valence-electron chi connectivity index (χ4n) is 2.48. The second kappa shape index (κ2) is 6.10. The Labute approximate surface area is 89.2 Å². The van der Waals surface area contributed by atoms with Gasteiger partial charge < -0.3 is 4.90 Å². The maximum atomic E-state index is 4.21. The smallest absolute Gasteiger partial charge is 0.0286 e. The van der Waals surface area contributed by atoms with Gasteiger partial charge in [-0.25, -0.2) is 0 Å². The van der Waals surface area contributed by atoms with Gasteiger partial charge in [-0.1, -0.05) is 33.3 Å². The highest BCUT2D eigenvalue weighted by Crippen LogP contribution is 2.25. The number of hydrogen-bond acceptors (Lipinski definition) is 1. The van der Waals surface area contributed by atoms with E-state index in [0.29, 0.717) is 0 Å². The molecular weight excluding hydrogens is 170 g/mol. The summed E-state index contributed by atoms with van der Waals surface area (Å²) in [4.78, 5) is 2.58. The molecule has 0 aliphatic carbocycles. The predicted molar refractivity (Wildman–Crippen MR) is 63.3 cm³/mol. The van der Waals surface area contributed by atoms with E-state index in [1.165, 1.54) is 57.2 Å². The molecule has 1 heteroatoms. The van der Waals surface area contributed by atoms with Crippen LogP contribution in [0, 0.1) is 0 Å². The summed E-state index contributed by atoms with van der Waals surface area (Å²) in [5.74, 6) is 0. The molecule has 0 N–H and O–H groups in total. The van der Waals surface area contributed by atoms with Gasteiger partial charge in [0.15, 0.2) is 0 Å². The number of allylic oxidation sites excluding steroid dienone is 1. The molecule has 1 heterocycles. The monoisotopic (exact) mass is 195 g/mol. The molecule has 1 fully saturated rings. The average molecular weight is 195 g/mol. The summed E-state index contributed by atoms with van der Waals surface area (Å²) in [5.41, 5.74) is 1.39. The van der Waals surface area contributed by atoms with Gasteiger partial charge in [-0.05, 0) is 32.1 Å². The van der Waals surface area contributed by atoms with Gasteiger partial charge >= 0.3 is 0 Å². The van der Waals surface area contributed by atoms with Crippen LogP contribution in [-0.2, 0) is 0 Å². The first-order valence-electron chi connectivity index (χ1n) is 6.24. The van der Waals surface area contributed by atoms with Gasteiger partial charge in [-0.2, -0.15) is 0 Å². The summed E-state index contributed by atoms with van der Waals surface area (Å²) < 4.78 is 0. The van der Waals surface area contributed by atoms with Gasteiger partial charge in [-0.15, -0.1) is 0 Å². The minimum Gasteiger partial charge on any atom is -0.372 e. The topological polar surface area (TPSA) is 3.24 Å². The molecule has 1 aliphatic heterocycles. The minimum absolute atomic E-state index is 0.776. The van der Waals surface area contributed by atoms with E-state index in [-0.39, 0.29) is 0 Å². The third kappa shape index (κ3) is 3.04. The van der Waals surface area contributed by atoms with Crippen LogP contribution in [0.4, 0.5) is 0 Å². The molecule has 82 valence electrons. The summed E-state index contributed by atoms with van der Waals surface area (Å²) in [6.45, 7) is 10.0. The lowest BCUT2D eigenvalue weighted by molar-refractivity contribution is 0.195. The molecule has 0 bridgehead atoms. The molecule has 14 heavy (non-hydrogen) atoms. The van der Waals surface area contributed by atoms with Gasteiger partial charge in [0, 0.05) is 18.3 Å². The molecule has 1 nitrogen and oxygen atoms in total. The van der Waals surface area contributed by atoms with Gasteiger partial charge in [0.25, 0.3) is 0 Å². The molecule has 1 rings (SSSR count). The predicted octanol–water partition coefficient (Wildman–Crippen LogP) is 3.95. The standard InChI is InChI=1S/C13H25N/c1-4-8-13(9-5-2)14-11-7-6-10-12(14)3/h13H,3-11H2,1-2H3. The Balaban J connectivity index is 2.50. The van der Waals surface area contributed by atoms with E-state index in [4.69, 9.17) is 0 Å². The van der Waals surface area contributed by atoms with Crippen molar-refractivity contribution in [1.29, 1.82) is 0 Å². The van der Waals surface area contributed by atoms with Crippen LogP contribution in [0.15, 0.2) is 12.3 Å². The summed E-state index contributed by atoms with van der Waals surface area (Å²) in [6, 6.07) is 0.776. The Bertz CT molecular complexity index is 168. The molecule has 0 radical (unpaired) electrons. The molecule has 0 atom stereocenters. The van der Waals surface area contributed by atoms with E-state index >= 15 is 0 Å². The number of likely N-dealkylation sites (tertiary alicyclic amines) is 1. The lowest BCUT2D eigenvalue weighted by Gasteiger charge is -2.38. The Morgan fingerprint density at radius 3 is 2.36 bits per heavy atom. The maximum absolute atomic E-state index is 4.21. The average Bonchev–Trinajstić information content (AvgIpc) is 2.18. The Morgan fingerprint density at radius 1 is 1.21 bits per heavy atom. The highest BCUT2D eigenvalue weighted by Gasteiger charge is 2.20. The van der Waals surface area contributed by atoms with Crippen molar-refractivity contribution in [2.45, 2.75) is 64.8 Å². The minimum atomic E-state index is 0.776. The zero-order valence-corrected chi connectivity index (χ0v) is 9.89. The van der Waals surface area contributed by atoms with Gasteiger partial charge in [0.1, 0.15) is 0 Å². The second-order valence-electron chi connectivity index (χ2n) is 4.45. The Morgan fingerprint density at radius 2 is 1.86 bits per heavy atom. The third-order valence-corrected chi connectivity index (χ3v) is 3.21. The molecule has 1 aliphatic rings. The molecule has 0 amide bonds. The number of nitrogens with zero attached hydrogens (tertiary/aromatic N) is 1. The Kier molecular flexibility index (Phi) is 5.06. The van der Waals surface area contributed by atoms with E-state index in [2.05, 4.69) is 25.3 Å². The van der Waals surface area contributed by atoms with Crippen LogP contribution in [0.5, 0.6) is 0 Å². The van der Waals surface area contributed by atoms with Crippen LogP contribution in [0.1, 0.15) is 58.8 Å². The molecule has 0 saturated carbocycles. The number of piperidine rings is 1. The first kappa shape index (κ1) is 11.6. The van der Waals surface area contributed by atoms with E-state index in [1.54, 1.807) is 0 Å². The molecular formula is C13H25N. The van der Waals surface area contributed by atoms with Crippen LogP contribution in [0.25, 0.3) is 0 Å². The van der Waals surface area contributed by atoms with E-state index < -0.39 is 0 Å². The van der Waals surface area contributed by atoms with Crippen LogP contribution in [0.2, 0.25) is 0 Å². The van der Waals surface area contributed by atoms with Crippen LogP contribution >= 0.6 is 0 Å². The molecule has 0 aromatic carbocycles. The summed E-state index contributed by atoms with van der Waals surface area (Å²) >= 11 is 0. The molecule has 1 saturated heterocycles. The SMILES string of the molecule is C=C1CCCCN1C(CCC)CCC. The quantitative estimate of drug-likeness (QED) is 0.642. The summed E-state index contributed by atoms with van der Waals surface area (Å²) in [5, 5.41) is 0. The second-order valence-corrected chi connectivity index (χ2v) is 4.45. The zero-order chi connectivity index (χ0) is 10.4. The fraction of sp³-hybridized carbons (Fsp3) is 0.846. The molecule has 0 aromatic rings. The van der Waals surface area contributed by atoms with Crippen LogP contribution in [-0.4, -0.2) is 17.5 Å². The van der Waals surface area contributed by atoms with Crippen molar-refractivity contribution in [3.05, 3.63) is 12.3 Å². The van der Waals surface area contributed by atoms with E-state index in [0.717, 1.165) is 6.04 Å². The van der Waals surface area contributed by atoms with Gasteiger partial charge in [0.2, 0.25) is 0 Å². The van der Waals surface area contributed by atoms with Gasteiger partial charge in [-0.3, -0.25) is 0 Å². The van der Waals surface area contributed by atoms with Crippen molar-refractivity contribution in [2.24, 2.45) is 0 Å². The maximum Gasteiger partial charge on any atom is 0.0286 e. The molecule has 0 aromatic heterocycles. The largest absolute Gasteiger partial charge is 0.372 e. The van der Waals surface area contributed by atoms with Crippen LogP contribution < -0.4 is 0 Å². The van der Waals surface area contributed by atoms with Crippen LogP contribution in [0.3, 0.4) is 0 Å². The highest BCUT2D eigenvalue weighted by atomic mass is 15.2. The molecule has 0 unspecified atom stereocenters. The first-order valence-corrected chi connectivity index (χ1v) is 6.24. The van der Waals surface area contributed by atoms with Crippen molar-refractivity contribution in [3.63, 3.8) is 0 Å². The zero-order valence-electron chi connectivity index (χ0n) is 9.89. The van der Waals surface area contributed by atoms with Crippen molar-refractivity contribution >= 4 is 0 Å². The summed E-state index contributed by atoms with van der Waals surface area (Å²) in [7, 11) is 0. The first-order chi connectivity index (χ1) is 6.79. The van der Waals surface area contributed by atoms with E-state index in [9.17, 15) is 0 Å². The van der Waals surface area contributed by atoms with Crippen molar-refractivity contribution in [1.82, 2.24) is 4.90 Å². The van der Waals surface area contributed by atoms with Crippen molar-refractivity contribution in [3.8, 4) is 0 Å². The van der Waals surface area contributed by atoms with E-state index in [1.807, 2.05) is 0 Å². The van der Waals surface area contributed by atoms with Crippen molar-refractivity contribution < 1.29 is 0 Å². The molecule has 0 spiro atoms. The third-order valence-electron chi connectivity index (χ3n) is 3.21. The highest BCUT2D eigenvalue weighted by molar-refractivity contribution is 4.99. The van der Waals surface area contributed by atoms with Gasteiger partial charge in [0.05, 0.1) is 0 Å². The Hall–Kier alpha value is -0.460. The normalized spacial score (nSPS) is 17.9. The number of hydrogen-bond donors (Lipinski definition) is 0.